The molecule has 1 atom stereocenters. The van der Waals surface area contributed by atoms with Crippen LogP contribution in [0.2, 0.25) is 0 Å². The largest absolute Gasteiger partial charge is 0.490 e. The Kier molecular flexibility index (Phi) is 6.93. The van der Waals surface area contributed by atoms with Crippen LogP contribution in [-0.2, 0) is 5.60 Å². The van der Waals surface area contributed by atoms with Gasteiger partial charge in [0.05, 0.1) is 0 Å². The zero-order valence-electron chi connectivity index (χ0n) is 16.7. The molecule has 0 aliphatic rings. The summed E-state index contributed by atoms with van der Waals surface area (Å²) in [7, 11) is 0. The van der Waals surface area contributed by atoms with Crippen molar-refractivity contribution in [1.82, 2.24) is 10.2 Å². The number of rotatable bonds is 8. The molecule has 0 aliphatic heterocycles. The predicted molar refractivity (Wildman–Crippen MR) is 108 cm³/mol. The Labute approximate surface area is 179 Å². The first-order chi connectivity index (χ1) is 15.2. The van der Waals surface area contributed by atoms with E-state index in [1.807, 2.05) is 0 Å². The van der Waals surface area contributed by atoms with Crippen LogP contribution in [0, 0.1) is 0 Å². The third-order valence-corrected chi connectivity index (χ3v) is 4.78. The molecule has 1 heterocycles. The van der Waals surface area contributed by atoms with E-state index in [1.54, 1.807) is 24.3 Å². The van der Waals surface area contributed by atoms with Crippen LogP contribution in [0.25, 0.3) is 22.4 Å². The van der Waals surface area contributed by atoms with Gasteiger partial charge in [-0.1, -0.05) is 36.4 Å². The fourth-order valence-corrected chi connectivity index (χ4v) is 3.06. The van der Waals surface area contributed by atoms with E-state index in [0.717, 1.165) is 12.1 Å². The lowest BCUT2D eigenvalue weighted by atomic mass is 9.92. The van der Waals surface area contributed by atoms with Crippen LogP contribution < -0.4 is 10.2 Å². The van der Waals surface area contributed by atoms with Crippen molar-refractivity contribution >= 4 is 0 Å². The highest BCUT2D eigenvalue weighted by Gasteiger charge is 2.48. The average molecular weight is 454 g/mol. The highest BCUT2D eigenvalue weighted by Crippen LogP contribution is 2.35. The number of hydrogen-bond acceptors (Lipinski definition) is 4. The maximum Gasteiger partial charge on any atom is 0.276 e. The Bertz CT molecular complexity index is 1110. The van der Waals surface area contributed by atoms with E-state index in [2.05, 4.69) is 10.2 Å². The molecule has 1 unspecified atom stereocenters. The number of benzene rings is 2. The minimum Gasteiger partial charge on any atom is -0.490 e. The van der Waals surface area contributed by atoms with Crippen molar-refractivity contribution in [2.24, 2.45) is 0 Å². The molecule has 2 N–H and O–H groups in total. The first-order valence-corrected chi connectivity index (χ1v) is 9.50. The Morgan fingerprint density at radius 3 is 2.22 bits per heavy atom. The number of aromatic nitrogens is 2. The molecular formula is C22H19F5N2O3. The summed E-state index contributed by atoms with van der Waals surface area (Å²) in [6, 6.07) is 10.6. The van der Waals surface area contributed by atoms with E-state index in [1.165, 1.54) is 25.3 Å². The second-order valence-corrected chi connectivity index (χ2v) is 7.07. The third-order valence-electron chi connectivity index (χ3n) is 4.78. The molecular weight excluding hydrogens is 435 g/mol. The fraction of sp³-hybridized carbons (Fsp3) is 0.273. The summed E-state index contributed by atoms with van der Waals surface area (Å²) < 4.78 is 70.9. The summed E-state index contributed by atoms with van der Waals surface area (Å²) in [6.07, 6.45) is -7.40. The van der Waals surface area contributed by atoms with Gasteiger partial charge in [-0.05, 0) is 30.2 Å². The van der Waals surface area contributed by atoms with Crippen LogP contribution in [-0.4, -0.2) is 40.9 Å². The Balaban J connectivity index is 2.01. The summed E-state index contributed by atoms with van der Waals surface area (Å²) >= 11 is 0. The van der Waals surface area contributed by atoms with Crippen molar-refractivity contribution in [2.75, 3.05) is 6.61 Å². The van der Waals surface area contributed by atoms with E-state index < -0.39 is 35.6 Å². The van der Waals surface area contributed by atoms with E-state index in [-0.39, 0.29) is 29.2 Å². The van der Waals surface area contributed by atoms with Crippen LogP contribution in [0.3, 0.4) is 0 Å². The van der Waals surface area contributed by atoms with Crippen molar-refractivity contribution in [1.29, 1.82) is 0 Å². The SMILES string of the molecule is CC(F)COc1ccccc1-c1n[nH]cc(-c2ccc(C(O)(C(F)F)C(F)F)cc2)c1=O. The first kappa shape index (κ1) is 23.4. The zero-order valence-corrected chi connectivity index (χ0v) is 16.7. The Morgan fingerprint density at radius 2 is 1.62 bits per heavy atom. The highest BCUT2D eigenvalue weighted by molar-refractivity contribution is 5.72. The monoisotopic (exact) mass is 454 g/mol. The minimum atomic E-state index is -3.71. The van der Waals surface area contributed by atoms with Crippen molar-refractivity contribution in [3.8, 4) is 28.1 Å². The topological polar surface area (TPSA) is 75.2 Å². The number of hydrogen-bond donors (Lipinski definition) is 2. The van der Waals surface area contributed by atoms with E-state index >= 15 is 0 Å². The lowest BCUT2D eigenvalue weighted by molar-refractivity contribution is -0.183. The van der Waals surface area contributed by atoms with Crippen LogP contribution in [0.4, 0.5) is 22.0 Å². The molecule has 170 valence electrons. The maximum absolute atomic E-state index is 13.2. The quantitative estimate of drug-likeness (QED) is 0.490. The van der Waals surface area contributed by atoms with Crippen molar-refractivity contribution in [3.05, 3.63) is 70.5 Å². The fourth-order valence-electron chi connectivity index (χ4n) is 3.06. The van der Waals surface area contributed by atoms with Gasteiger partial charge in [-0.15, -0.1) is 0 Å². The molecule has 10 heteroatoms. The molecule has 0 aliphatic carbocycles. The van der Waals surface area contributed by atoms with E-state index in [4.69, 9.17) is 4.74 Å². The number of nitrogens with zero attached hydrogens (tertiary/aromatic N) is 1. The lowest BCUT2D eigenvalue weighted by Gasteiger charge is -2.26. The normalized spacial score (nSPS) is 12.9. The van der Waals surface area contributed by atoms with Crippen molar-refractivity contribution < 1.29 is 31.8 Å². The maximum atomic E-state index is 13.2. The van der Waals surface area contributed by atoms with Crippen LogP contribution in [0.1, 0.15) is 12.5 Å². The summed E-state index contributed by atoms with van der Waals surface area (Å²) in [6.45, 7) is 1.09. The lowest BCUT2D eigenvalue weighted by Crippen LogP contribution is -2.41. The third kappa shape index (κ3) is 4.50. The molecule has 3 rings (SSSR count). The number of aliphatic hydroxyl groups is 1. The summed E-state index contributed by atoms with van der Waals surface area (Å²) in [5, 5.41) is 16.3. The molecule has 0 fully saturated rings. The number of alkyl halides is 5. The van der Waals surface area contributed by atoms with Gasteiger partial charge in [0, 0.05) is 17.3 Å². The Hall–Kier alpha value is -3.27. The molecule has 0 saturated heterocycles. The second kappa shape index (κ2) is 9.47. The standard InChI is InChI=1S/C22H19F5N2O3/c1-12(23)11-32-17-5-3-2-4-15(17)18-19(30)16(10-28-29-18)13-6-8-14(9-7-13)22(31,20(24)25)21(26)27/h2-10,12,20-21,31H,11H2,1H3,(H,28,30). The molecule has 1 aromatic heterocycles. The highest BCUT2D eigenvalue weighted by atomic mass is 19.3. The molecule has 3 aromatic rings. The van der Waals surface area contributed by atoms with E-state index in [9.17, 15) is 31.9 Å². The second-order valence-electron chi connectivity index (χ2n) is 7.07. The number of aromatic amines is 1. The molecule has 5 nitrogen and oxygen atoms in total. The molecule has 0 spiro atoms. The van der Waals surface area contributed by atoms with Gasteiger partial charge >= 0.3 is 0 Å². The van der Waals surface area contributed by atoms with Gasteiger partial charge in [-0.25, -0.2) is 22.0 Å². The van der Waals surface area contributed by atoms with E-state index in [0.29, 0.717) is 5.56 Å². The predicted octanol–water partition coefficient (Wildman–Crippen LogP) is 4.56. The first-order valence-electron chi connectivity index (χ1n) is 9.50. The number of nitrogens with one attached hydrogen (secondary N) is 1. The summed E-state index contributed by atoms with van der Waals surface area (Å²) in [4.78, 5) is 13.1. The molecule has 32 heavy (non-hydrogen) atoms. The Morgan fingerprint density at radius 1 is 1.00 bits per heavy atom. The van der Waals surface area contributed by atoms with Gasteiger partial charge in [-0.3, -0.25) is 9.89 Å². The van der Waals surface area contributed by atoms with Crippen LogP contribution in [0.5, 0.6) is 5.75 Å². The van der Waals surface area contributed by atoms with Gasteiger partial charge in [0.2, 0.25) is 11.0 Å². The van der Waals surface area contributed by atoms with Crippen LogP contribution in [0.15, 0.2) is 59.5 Å². The van der Waals surface area contributed by atoms with Gasteiger partial charge in [0.15, 0.2) is 0 Å². The smallest absolute Gasteiger partial charge is 0.276 e. The van der Waals surface area contributed by atoms with Crippen molar-refractivity contribution in [3.63, 3.8) is 0 Å². The van der Waals surface area contributed by atoms with Gasteiger partial charge in [0.1, 0.15) is 24.2 Å². The average Bonchev–Trinajstić information content (AvgIpc) is 2.77. The van der Waals surface area contributed by atoms with Gasteiger partial charge in [0.25, 0.3) is 12.9 Å². The van der Waals surface area contributed by atoms with Gasteiger partial charge < -0.3 is 9.84 Å². The molecule has 0 bridgehead atoms. The molecule has 0 saturated carbocycles. The molecule has 2 aromatic carbocycles. The van der Waals surface area contributed by atoms with Crippen molar-refractivity contribution in [2.45, 2.75) is 31.5 Å². The number of H-pyrrole nitrogens is 1. The van der Waals surface area contributed by atoms with Crippen LogP contribution >= 0.6 is 0 Å². The van der Waals surface area contributed by atoms with Gasteiger partial charge in [-0.2, -0.15) is 5.10 Å². The number of para-hydroxylation sites is 1. The summed E-state index contributed by atoms with van der Waals surface area (Å²) in [5.74, 6) is 0.237. The number of halogens is 5. The molecule has 0 amide bonds. The molecule has 0 radical (unpaired) electrons. The number of ether oxygens (including phenoxy) is 1. The minimum absolute atomic E-state index is 0.0367. The zero-order chi connectivity index (χ0) is 23.5. The summed E-state index contributed by atoms with van der Waals surface area (Å²) in [5.41, 5.74) is -4.30.